The monoisotopic (exact) mass is 295 g/mol. The molecular weight excluding hydrogens is 278 g/mol. The Morgan fingerprint density at radius 1 is 1.35 bits per heavy atom. The van der Waals surface area contributed by atoms with E-state index >= 15 is 0 Å². The highest BCUT2D eigenvalue weighted by Gasteiger charge is 2.41. The van der Waals surface area contributed by atoms with Gasteiger partial charge >= 0.3 is 0 Å². The second-order valence-electron chi connectivity index (χ2n) is 5.46. The number of hydrogen-bond donors (Lipinski definition) is 1. The van der Waals surface area contributed by atoms with Crippen LogP contribution in [0.5, 0.6) is 0 Å². The maximum absolute atomic E-state index is 12.4. The predicted molar refractivity (Wildman–Crippen MR) is 77.7 cm³/mol. The molecule has 3 rings (SSSR count). The summed E-state index contributed by atoms with van der Waals surface area (Å²) in [4.78, 5) is 24.7. The van der Waals surface area contributed by atoms with E-state index in [-0.39, 0.29) is 23.9 Å². The maximum atomic E-state index is 12.4. The molecule has 0 spiro atoms. The third-order valence-corrected chi connectivity index (χ3v) is 4.62. The Hall–Kier alpha value is -1.56. The van der Waals surface area contributed by atoms with Gasteiger partial charge in [-0.2, -0.15) is 4.98 Å². The number of rotatable bonds is 1. The summed E-state index contributed by atoms with van der Waals surface area (Å²) in [5, 5.41) is 0.477. The summed E-state index contributed by atoms with van der Waals surface area (Å²) in [5.74, 6) is 0.907. The lowest BCUT2D eigenvalue weighted by molar-refractivity contribution is -0.134. The van der Waals surface area contributed by atoms with Crippen molar-refractivity contribution in [2.45, 2.75) is 38.8 Å². The molecule has 2 fully saturated rings. The lowest BCUT2D eigenvalue weighted by Crippen LogP contribution is -2.59. The molecule has 2 aliphatic rings. The number of nitrogens with two attached hydrogens (primary N) is 1. The average molecular weight is 296 g/mol. The van der Waals surface area contributed by atoms with Gasteiger partial charge in [0.25, 0.3) is 0 Å². The molecule has 0 bridgehead atoms. The van der Waals surface area contributed by atoms with Crippen LogP contribution >= 0.6 is 11.6 Å². The number of aryl methyl sites for hydroxylation is 1. The number of fused-ring (bicyclic) bond motifs is 1. The van der Waals surface area contributed by atoms with Crippen molar-refractivity contribution in [3.8, 4) is 0 Å². The quantitative estimate of drug-likeness (QED) is 0.843. The highest BCUT2D eigenvalue weighted by atomic mass is 35.5. The van der Waals surface area contributed by atoms with Crippen LogP contribution in [0.3, 0.4) is 0 Å². The van der Waals surface area contributed by atoms with Crippen LogP contribution in [-0.4, -0.2) is 45.9 Å². The van der Waals surface area contributed by atoms with E-state index in [1.165, 1.54) is 0 Å². The molecule has 1 amide bonds. The highest BCUT2D eigenvalue weighted by molar-refractivity contribution is 6.33. The van der Waals surface area contributed by atoms with Crippen LogP contribution in [-0.2, 0) is 4.79 Å². The number of halogens is 1. The number of carbonyl (C=O) groups excluding carboxylic acids is 1. The first kappa shape index (κ1) is 13.4. The molecule has 6 nitrogen and oxygen atoms in total. The van der Waals surface area contributed by atoms with Crippen molar-refractivity contribution in [1.29, 1.82) is 0 Å². The summed E-state index contributed by atoms with van der Waals surface area (Å²) >= 11 is 6.31. The molecule has 2 N–H and O–H groups in total. The Labute approximate surface area is 122 Å². The standard InChI is InChI=1S/C13H18ClN5O/c1-7-10(14)11(17-13(15)16-7)19-6-9-4-3-5-18(9)12(20)8(19)2/h8-9H,3-6H2,1-2H3,(H2,15,16,17)/t8-,9+/m0/s1. The highest BCUT2D eigenvalue weighted by Crippen LogP contribution is 2.33. The van der Waals surface area contributed by atoms with Gasteiger partial charge in [-0.1, -0.05) is 11.6 Å². The first-order valence-corrected chi connectivity index (χ1v) is 7.23. The predicted octanol–water partition coefficient (Wildman–Crippen LogP) is 1.22. The first-order chi connectivity index (χ1) is 9.49. The summed E-state index contributed by atoms with van der Waals surface area (Å²) < 4.78 is 0. The van der Waals surface area contributed by atoms with Crippen LogP contribution in [0, 0.1) is 6.92 Å². The topological polar surface area (TPSA) is 75.3 Å². The van der Waals surface area contributed by atoms with E-state index in [1.807, 2.05) is 16.7 Å². The van der Waals surface area contributed by atoms with Gasteiger partial charge in [-0.3, -0.25) is 4.79 Å². The van der Waals surface area contributed by atoms with Crippen molar-refractivity contribution in [2.75, 3.05) is 23.7 Å². The zero-order valence-corrected chi connectivity index (χ0v) is 12.4. The second kappa shape index (κ2) is 4.77. The van der Waals surface area contributed by atoms with E-state index in [1.54, 1.807) is 6.92 Å². The Bertz CT molecular complexity index is 564. The van der Waals surface area contributed by atoms with Crippen LogP contribution in [0.15, 0.2) is 0 Å². The molecular formula is C13H18ClN5O. The fraction of sp³-hybridized carbons (Fsp3) is 0.615. The van der Waals surface area contributed by atoms with Gasteiger partial charge in [-0.05, 0) is 26.7 Å². The molecule has 2 atom stereocenters. The van der Waals surface area contributed by atoms with E-state index in [2.05, 4.69) is 9.97 Å². The normalized spacial score (nSPS) is 26.1. The van der Waals surface area contributed by atoms with Crippen molar-refractivity contribution in [3.63, 3.8) is 0 Å². The number of nitrogen functional groups attached to an aromatic ring is 1. The third-order valence-electron chi connectivity index (χ3n) is 4.18. The van der Waals surface area contributed by atoms with Crippen molar-refractivity contribution >= 4 is 29.3 Å². The van der Waals surface area contributed by atoms with Gasteiger partial charge in [0, 0.05) is 19.1 Å². The summed E-state index contributed by atoms with van der Waals surface area (Å²) in [6, 6.07) is -0.0122. The molecule has 0 unspecified atom stereocenters. The van der Waals surface area contributed by atoms with Crippen molar-refractivity contribution in [1.82, 2.24) is 14.9 Å². The van der Waals surface area contributed by atoms with Gasteiger partial charge in [0.15, 0.2) is 5.82 Å². The number of carbonyl (C=O) groups is 1. The summed E-state index contributed by atoms with van der Waals surface area (Å²) in [6.45, 7) is 5.30. The Kier molecular flexibility index (Phi) is 3.20. The smallest absolute Gasteiger partial charge is 0.245 e. The fourth-order valence-electron chi connectivity index (χ4n) is 3.10. The van der Waals surface area contributed by atoms with Crippen LogP contribution in [0.4, 0.5) is 11.8 Å². The van der Waals surface area contributed by atoms with Crippen LogP contribution in [0.25, 0.3) is 0 Å². The third kappa shape index (κ3) is 1.98. The molecule has 2 saturated heterocycles. The minimum atomic E-state index is -0.268. The molecule has 0 saturated carbocycles. The molecule has 1 aromatic heterocycles. The molecule has 0 aromatic carbocycles. The second-order valence-corrected chi connectivity index (χ2v) is 5.84. The summed E-state index contributed by atoms with van der Waals surface area (Å²) in [6.07, 6.45) is 2.10. The van der Waals surface area contributed by atoms with Crippen molar-refractivity contribution in [2.24, 2.45) is 0 Å². The fourth-order valence-corrected chi connectivity index (χ4v) is 3.29. The Balaban J connectivity index is 1.99. The largest absolute Gasteiger partial charge is 0.368 e. The van der Waals surface area contributed by atoms with Gasteiger partial charge < -0.3 is 15.5 Å². The van der Waals surface area contributed by atoms with Gasteiger partial charge in [0.1, 0.15) is 11.1 Å². The molecule has 0 aliphatic carbocycles. The van der Waals surface area contributed by atoms with E-state index in [9.17, 15) is 4.79 Å². The van der Waals surface area contributed by atoms with Crippen molar-refractivity contribution < 1.29 is 4.79 Å². The number of hydrogen-bond acceptors (Lipinski definition) is 5. The molecule has 2 aliphatic heterocycles. The van der Waals surface area contributed by atoms with Crippen molar-refractivity contribution in [3.05, 3.63) is 10.7 Å². The lowest BCUT2D eigenvalue weighted by atomic mass is 10.1. The average Bonchev–Trinajstić information content (AvgIpc) is 2.86. The van der Waals surface area contributed by atoms with Gasteiger partial charge in [0.2, 0.25) is 11.9 Å². The van der Waals surface area contributed by atoms with Crippen LogP contribution in [0.1, 0.15) is 25.5 Å². The zero-order valence-electron chi connectivity index (χ0n) is 11.6. The SMILES string of the molecule is Cc1nc(N)nc(N2C[C@H]3CCCN3C(=O)[C@@H]2C)c1Cl. The molecule has 108 valence electrons. The number of piperazine rings is 1. The number of amides is 1. The molecule has 0 radical (unpaired) electrons. The van der Waals surface area contributed by atoms with E-state index in [4.69, 9.17) is 17.3 Å². The maximum Gasteiger partial charge on any atom is 0.245 e. The van der Waals surface area contributed by atoms with E-state index < -0.39 is 0 Å². The van der Waals surface area contributed by atoms with Gasteiger partial charge in [-0.15, -0.1) is 0 Å². The van der Waals surface area contributed by atoms with Gasteiger partial charge in [-0.25, -0.2) is 4.98 Å². The minimum absolute atomic E-state index is 0.143. The number of anilines is 2. The molecule has 7 heteroatoms. The van der Waals surface area contributed by atoms with E-state index in [0.717, 1.165) is 25.9 Å². The minimum Gasteiger partial charge on any atom is -0.368 e. The lowest BCUT2D eigenvalue weighted by Gasteiger charge is -2.42. The van der Waals surface area contributed by atoms with E-state index in [0.29, 0.717) is 16.5 Å². The molecule has 20 heavy (non-hydrogen) atoms. The Morgan fingerprint density at radius 2 is 2.10 bits per heavy atom. The van der Waals surface area contributed by atoms with Gasteiger partial charge in [0.05, 0.1) is 5.69 Å². The molecule has 3 heterocycles. The zero-order chi connectivity index (χ0) is 14.4. The summed E-state index contributed by atoms with van der Waals surface area (Å²) in [5.41, 5.74) is 6.36. The molecule has 1 aromatic rings. The van der Waals surface area contributed by atoms with Crippen LogP contribution in [0.2, 0.25) is 5.02 Å². The summed E-state index contributed by atoms with van der Waals surface area (Å²) in [7, 11) is 0. The van der Waals surface area contributed by atoms with Crippen LogP contribution < -0.4 is 10.6 Å². The Morgan fingerprint density at radius 3 is 2.85 bits per heavy atom. The number of nitrogens with zero attached hydrogens (tertiary/aromatic N) is 4. The number of aromatic nitrogens is 2. The first-order valence-electron chi connectivity index (χ1n) is 6.85.